The number of aryl methyl sites for hydroxylation is 1. The van der Waals surface area contributed by atoms with Gasteiger partial charge < -0.3 is 10.3 Å². The van der Waals surface area contributed by atoms with Crippen molar-refractivity contribution in [3.63, 3.8) is 0 Å². The number of nitrogens with zero attached hydrogens (tertiary/aromatic N) is 4. The molecule has 0 atom stereocenters. The summed E-state index contributed by atoms with van der Waals surface area (Å²) in [5.41, 5.74) is 8.55. The lowest BCUT2D eigenvalue weighted by molar-refractivity contribution is 0.601. The molecule has 3 aromatic rings. The molecule has 92 valence electrons. The van der Waals surface area contributed by atoms with Crippen molar-refractivity contribution in [2.75, 3.05) is 5.73 Å². The second-order valence-corrected chi connectivity index (χ2v) is 4.72. The monoisotopic (exact) mass is 241 g/mol. The van der Waals surface area contributed by atoms with Crippen LogP contribution in [0.1, 0.15) is 25.7 Å². The van der Waals surface area contributed by atoms with E-state index in [1.54, 1.807) is 6.20 Å². The zero-order valence-corrected chi connectivity index (χ0v) is 10.7. The van der Waals surface area contributed by atoms with Crippen LogP contribution in [-0.2, 0) is 0 Å². The van der Waals surface area contributed by atoms with Crippen molar-refractivity contribution in [1.82, 2.24) is 19.5 Å². The number of hydrogen-bond acceptors (Lipinski definition) is 4. The number of rotatable bonds is 1. The van der Waals surface area contributed by atoms with Gasteiger partial charge in [0, 0.05) is 17.6 Å². The first-order valence-corrected chi connectivity index (χ1v) is 5.97. The lowest BCUT2D eigenvalue weighted by Gasteiger charge is -2.11. The van der Waals surface area contributed by atoms with E-state index in [1.165, 1.54) is 0 Å². The van der Waals surface area contributed by atoms with Gasteiger partial charge in [-0.2, -0.15) is 0 Å². The molecule has 0 unspecified atom stereocenters. The number of nitrogens with two attached hydrogens (primary N) is 1. The maximum absolute atomic E-state index is 5.70. The first kappa shape index (κ1) is 11.0. The van der Waals surface area contributed by atoms with Crippen LogP contribution in [0, 0.1) is 6.92 Å². The van der Waals surface area contributed by atoms with Crippen LogP contribution in [0.2, 0.25) is 0 Å². The predicted molar refractivity (Wildman–Crippen MR) is 72.4 cm³/mol. The summed E-state index contributed by atoms with van der Waals surface area (Å²) in [7, 11) is 0. The van der Waals surface area contributed by atoms with Crippen LogP contribution in [0.3, 0.4) is 0 Å². The quantitative estimate of drug-likeness (QED) is 0.710. The number of imidazole rings is 1. The Kier molecular flexibility index (Phi) is 2.23. The van der Waals surface area contributed by atoms with Gasteiger partial charge in [-0.05, 0) is 32.9 Å². The lowest BCUT2D eigenvalue weighted by Crippen LogP contribution is -2.04. The van der Waals surface area contributed by atoms with Crippen molar-refractivity contribution in [3.8, 4) is 0 Å². The minimum atomic E-state index is 0.296. The molecule has 0 aliphatic rings. The first-order valence-electron chi connectivity index (χ1n) is 5.97. The highest BCUT2D eigenvalue weighted by molar-refractivity contribution is 6.02. The topological polar surface area (TPSA) is 69.6 Å². The summed E-state index contributed by atoms with van der Waals surface area (Å²) in [4.78, 5) is 13.0. The third-order valence-corrected chi connectivity index (χ3v) is 3.11. The van der Waals surface area contributed by atoms with Gasteiger partial charge in [-0.3, -0.25) is 0 Å². The van der Waals surface area contributed by atoms with Crippen molar-refractivity contribution in [2.24, 2.45) is 0 Å². The van der Waals surface area contributed by atoms with Crippen LogP contribution in [0.4, 0.5) is 5.95 Å². The Balaban J connectivity index is 2.55. The number of hydrogen-bond donors (Lipinski definition) is 1. The summed E-state index contributed by atoms with van der Waals surface area (Å²) in [6, 6.07) is 4.31. The Labute approximate surface area is 105 Å². The van der Waals surface area contributed by atoms with E-state index in [0.29, 0.717) is 12.0 Å². The summed E-state index contributed by atoms with van der Waals surface area (Å²) in [6.07, 6.45) is 1.75. The number of aromatic nitrogens is 4. The Morgan fingerprint density at radius 2 is 2.00 bits per heavy atom. The molecule has 2 aromatic heterocycles. The van der Waals surface area contributed by atoms with Crippen LogP contribution < -0.4 is 5.73 Å². The molecule has 0 fully saturated rings. The van der Waals surface area contributed by atoms with Gasteiger partial charge in [0.2, 0.25) is 5.95 Å². The highest BCUT2D eigenvalue weighted by Gasteiger charge is 2.14. The molecule has 18 heavy (non-hydrogen) atoms. The van der Waals surface area contributed by atoms with Gasteiger partial charge in [0.25, 0.3) is 0 Å². The second-order valence-electron chi connectivity index (χ2n) is 4.72. The Morgan fingerprint density at radius 1 is 1.22 bits per heavy atom. The lowest BCUT2D eigenvalue weighted by atomic mass is 10.2. The average Bonchev–Trinajstić information content (AvgIpc) is 2.65. The number of anilines is 1. The summed E-state index contributed by atoms with van der Waals surface area (Å²) < 4.78 is 2.18. The molecule has 0 radical (unpaired) electrons. The number of benzene rings is 1. The molecule has 1 aromatic carbocycles. The molecule has 2 heterocycles. The van der Waals surface area contributed by atoms with Gasteiger partial charge in [-0.25, -0.2) is 15.0 Å². The minimum absolute atomic E-state index is 0.296. The molecule has 0 saturated carbocycles. The van der Waals surface area contributed by atoms with Crippen LogP contribution in [0.15, 0.2) is 18.3 Å². The van der Waals surface area contributed by atoms with E-state index in [4.69, 9.17) is 5.73 Å². The summed E-state index contributed by atoms with van der Waals surface area (Å²) in [6.45, 7) is 6.28. The zero-order chi connectivity index (χ0) is 12.9. The predicted octanol–water partition coefficient (Wildman–Crippen LogP) is 2.45. The molecule has 5 nitrogen and oxygen atoms in total. The Hall–Kier alpha value is -2.17. The summed E-state index contributed by atoms with van der Waals surface area (Å²) in [5.74, 6) is 1.29. The van der Waals surface area contributed by atoms with Crippen LogP contribution in [0.5, 0.6) is 0 Å². The molecule has 0 saturated heterocycles. The van der Waals surface area contributed by atoms with Crippen LogP contribution in [-0.4, -0.2) is 19.5 Å². The number of nitrogen functional groups attached to an aromatic ring is 1. The fraction of sp³-hybridized carbons (Fsp3) is 0.308. The number of fused-ring (bicyclic) bond motifs is 3. The molecule has 0 amide bonds. The van der Waals surface area contributed by atoms with Crippen LogP contribution >= 0.6 is 0 Å². The summed E-state index contributed by atoms with van der Waals surface area (Å²) >= 11 is 0. The van der Waals surface area contributed by atoms with E-state index < -0.39 is 0 Å². The van der Waals surface area contributed by atoms with Crippen molar-refractivity contribution < 1.29 is 0 Å². The molecular formula is C13H15N5. The molecule has 0 bridgehead atoms. The largest absolute Gasteiger partial charge is 0.368 e. The average molecular weight is 241 g/mol. The molecule has 0 aliphatic heterocycles. The van der Waals surface area contributed by atoms with E-state index in [1.807, 2.05) is 19.1 Å². The third kappa shape index (κ3) is 1.44. The summed E-state index contributed by atoms with van der Waals surface area (Å²) in [5, 5.41) is 0.985. The van der Waals surface area contributed by atoms with Gasteiger partial charge in [0.1, 0.15) is 11.3 Å². The van der Waals surface area contributed by atoms with E-state index >= 15 is 0 Å². The van der Waals surface area contributed by atoms with Gasteiger partial charge in [-0.15, -0.1) is 0 Å². The first-order chi connectivity index (χ1) is 8.58. The van der Waals surface area contributed by atoms with Crippen molar-refractivity contribution in [2.45, 2.75) is 26.8 Å². The molecule has 3 rings (SSSR count). The van der Waals surface area contributed by atoms with Gasteiger partial charge in [-0.1, -0.05) is 0 Å². The SMILES string of the molecule is Cc1nc2ccc3cnc(N)nc3c2n1C(C)C. The molecular weight excluding hydrogens is 226 g/mol. The normalized spacial score (nSPS) is 11.8. The maximum Gasteiger partial charge on any atom is 0.220 e. The second kappa shape index (κ2) is 3.66. The molecule has 0 spiro atoms. The minimum Gasteiger partial charge on any atom is -0.368 e. The fourth-order valence-electron chi connectivity index (χ4n) is 2.43. The molecule has 2 N–H and O–H groups in total. The van der Waals surface area contributed by atoms with Crippen LogP contribution in [0.25, 0.3) is 21.9 Å². The Bertz CT molecular complexity index is 742. The van der Waals surface area contributed by atoms with Crippen molar-refractivity contribution >= 4 is 27.9 Å². The van der Waals surface area contributed by atoms with E-state index in [2.05, 4.69) is 33.4 Å². The Morgan fingerprint density at radius 3 is 2.72 bits per heavy atom. The van der Waals surface area contributed by atoms with Crippen molar-refractivity contribution in [3.05, 3.63) is 24.2 Å². The van der Waals surface area contributed by atoms with E-state index in [9.17, 15) is 0 Å². The van der Waals surface area contributed by atoms with Gasteiger partial charge in [0.15, 0.2) is 0 Å². The smallest absolute Gasteiger partial charge is 0.220 e. The molecule has 0 aliphatic carbocycles. The fourth-order valence-corrected chi connectivity index (χ4v) is 2.43. The van der Waals surface area contributed by atoms with Crippen molar-refractivity contribution in [1.29, 1.82) is 0 Å². The van der Waals surface area contributed by atoms with E-state index in [-0.39, 0.29) is 0 Å². The highest BCUT2D eigenvalue weighted by Crippen LogP contribution is 2.27. The zero-order valence-electron chi connectivity index (χ0n) is 10.7. The highest BCUT2D eigenvalue weighted by atomic mass is 15.1. The standard InChI is InChI=1S/C13H15N5/c1-7(2)18-8(3)16-10-5-4-9-6-15-13(14)17-11(9)12(10)18/h4-7H,1-3H3,(H2,14,15,17). The molecule has 5 heteroatoms. The van der Waals surface area contributed by atoms with Gasteiger partial charge >= 0.3 is 0 Å². The maximum atomic E-state index is 5.70. The third-order valence-electron chi connectivity index (χ3n) is 3.11. The van der Waals surface area contributed by atoms with E-state index in [0.717, 1.165) is 27.8 Å². The van der Waals surface area contributed by atoms with Gasteiger partial charge in [0.05, 0.1) is 11.0 Å².